The van der Waals surface area contributed by atoms with Crippen molar-refractivity contribution >= 4 is 11.9 Å². The van der Waals surface area contributed by atoms with Gasteiger partial charge in [0.15, 0.2) is 0 Å². The number of carbonyl (C=O) groups is 2. The molecule has 142 valence electrons. The van der Waals surface area contributed by atoms with E-state index in [1.807, 2.05) is 41.5 Å². The molecule has 0 aromatic carbocycles. The number of rotatable bonds is 7. The van der Waals surface area contributed by atoms with Gasteiger partial charge in [0.1, 0.15) is 6.04 Å². The van der Waals surface area contributed by atoms with E-state index in [0.717, 1.165) is 12.8 Å². The van der Waals surface area contributed by atoms with Crippen molar-refractivity contribution in [3.63, 3.8) is 0 Å². The van der Waals surface area contributed by atoms with Crippen LogP contribution >= 0.6 is 0 Å². The number of hydrogen-bond donors (Lipinski definition) is 2. The van der Waals surface area contributed by atoms with E-state index in [9.17, 15) is 9.59 Å². The maximum atomic E-state index is 12.4. The van der Waals surface area contributed by atoms with E-state index >= 15 is 0 Å². The van der Waals surface area contributed by atoms with Crippen LogP contribution in [0.2, 0.25) is 0 Å². The third-order valence-electron chi connectivity index (χ3n) is 4.47. The van der Waals surface area contributed by atoms with Gasteiger partial charge in [-0.1, -0.05) is 0 Å². The lowest BCUT2D eigenvalue weighted by Crippen LogP contribution is -2.56. The highest BCUT2D eigenvalue weighted by atomic mass is 16.2. The van der Waals surface area contributed by atoms with E-state index in [2.05, 4.69) is 16.7 Å². The number of likely N-dealkylation sites (tertiary alicyclic amines) is 1. The highest BCUT2D eigenvalue weighted by Crippen LogP contribution is 2.16. The third kappa shape index (κ3) is 6.20. The Bertz CT molecular complexity index is 502. The van der Waals surface area contributed by atoms with Gasteiger partial charge in [0, 0.05) is 30.7 Å². The summed E-state index contributed by atoms with van der Waals surface area (Å²) in [5.74, 6) is -0.0607. The van der Waals surface area contributed by atoms with E-state index in [4.69, 9.17) is 5.26 Å². The number of nitrogens with zero attached hydrogens (tertiary/aromatic N) is 3. The largest absolute Gasteiger partial charge is 0.336 e. The summed E-state index contributed by atoms with van der Waals surface area (Å²) in [4.78, 5) is 28.1. The molecule has 0 bridgehead atoms. The van der Waals surface area contributed by atoms with Gasteiger partial charge in [-0.3, -0.25) is 4.79 Å². The van der Waals surface area contributed by atoms with Crippen LogP contribution in [0.3, 0.4) is 0 Å². The summed E-state index contributed by atoms with van der Waals surface area (Å²) in [5, 5.41) is 15.2. The lowest BCUT2D eigenvalue weighted by molar-refractivity contribution is -0.130. The molecule has 1 heterocycles. The topological polar surface area (TPSA) is 88.5 Å². The minimum absolute atomic E-state index is 0.0607. The standard InChI is InChI=1S/C18H33N5O2/c1-13(2)23(14(3)4)17(25)20-12-18(5,6)21-11-16(24)22-9-7-8-15(22)10-19/h13-15,21H,7-9,11-12H2,1-6H3,(H,20,25). The van der Waals surface area contributed by atoms with Gasteiger partial charge in [-0.2, -0.15) is 5.26 Å². The summed E-state index contributed by atoms with van der Waals surface area (Å²) < 4.78 is 0. The van der Waals surface area contributed by atoms with Crippen molar-refractivity contribution in [1.29, 1.82) is 5.26 Å². The molecule has 1 saturated heterocycles. The average molecular weight is 351 g/mol. The van der Waals surface area contributed by atoms with Crippen molar-refractivity contribution in [2.75, 3.05) is 19.6 Å². The van der Waals surface area contributed by atoms with Crippen LogP contribution in [0, 0.1) is 11.3 Å². The van der Waals surface area contributed by atoms with Gasteiger partial charge in [0.25, 0.3) is 0 Å². The molecular weight excluding hydrogens is 318 g/mol. The molecule has 0 saturated carbocycles. The van der Waals surface area contributed by atoms with Crippen LogP contribution in [0.25, 0.3) is 0 Å². The normalized spacial score (nSPS) is 17.7. The molecule has 1 unspecified atom stereocenters. The van der Waals surface area contributed by atoms with Crippen LogP contribution in [-0.2, 0) is 4.79 Å². The average Bonchev–Trinajstić information content (AvgIpc) is 2.99. The molecule has 1 fully saturated rings. The van der Waals surface area contributed by atoms with Crippen molar-refractivity contribution in [3.8, 4) is 6.07 Å². The van der Waals surface area contributed by atoms with E-state index in [1.165, 1.54) is 0 Å². The molecule has 0 aromatic heterocycles. The summed E-state index contributed by atoms with van der Waals surface area (Å²) in [5.41, 5.74) is -0.424. The second kappa shape index (κ2) is 9.04. The zero-order chi connectivity index (χ0) is 19.2. The highest BCUT2D eigenvalue weighted by Gasteiger charge is 2.30. The fraction of sp³-hybridized carbons (Fsp3) is 0.833. The highest BCUT2D eigenvalue weighted by molar-refractivity contribution is 5.79. The first-order chi connectivity index (χ1) is 11.6. The number of amides is 3. The molecular formula is C18H33N5O2. The molecule has 1 aliphatic rings. The quantitative estimate of drug-likeness (QED) is 0.731. The summed E-state index contributed by atoms with van der Waals surface area (Å²) >= 11 is 0. The maximum Gasteiger partial charge on any atom is 0.317 e. The van der Waals surface area contributed by atoms with Gasteiger partial charge in [-0.25, -0.2) is 4.79 Å². The second-order valence-electron chi connectivity index (χ2n) is 7.87. The molecule has 0 aromatic rings. The van der Waals surface area contributed by atoms with E-state index in [0.29, 0.717) is 13.1 Å². The lowest BCUT2D eigenvalue weighted by Gasteiger charge is -2.33. The predicted molar refractivity (Wildman–Crippen MR) is 97.9 cm³/mol. The number of nitrogens with one attached hydrogen (secondary N) is 2. The van der Waals surface area contributed by atoms with Gasteiger partial charge in [-0.15, -0.1) is 0 Å². The number of urea groups is 1. The third-order valence-corrected chi connectivity index (χ3v) is 4.47. The van der Waals surface area contributed by atoms with E-state index < -0.39 is 5.54 Å². The van der Waals surface area contributed by atoms with Crippen LogP contribution in [0.1, 0.15) is 54.4 Å². The molecule has 7 heteroatoms. The van der Waals surface area contributed by atoms with E-state index in [-0.39, 0.29) is 36.6 Å². The Morgan fingerprint density at radius 3 is 2.40 bits per heavy atom. The lowest BCUT2D eigenvalue weighted by atomic mass is 10.1. The first-order valence-corrected chi connectivity index (χ1v) is 9.09. The zero-order valence-electron chi connectivity index (χ0n) is 16.4. The second-order valence-corrected chi connectivity index (χ2v) is 7.87. The minimum atomic E-state index is -0.424. The zero-order valence-corrected chi connectivity index (χ0v) is 16.4. The van der Waals surface area contributed by atoms with Gasteiger partial charge in [0.2, 0.25) is 5.91 Å². The first kappa shape index (κ1) is 21.2. The molecule has 3 amide bonds. The summed E-state index contributed by atoms with van der Waals surface area (Å²) in [6, 6.07) is 2.02. The molecule has 0 spiro atoms. The maximum absolute atomic E-state index is 12.4. The molecule has 1 rings (SSSR count). The Morgan fingerprint density at radius 2 is 1.88 bits per heavy atom. The predicted octanol–water partition coefficient (Wildman–Crippen LogP) is 1.70. The molecule has 7 nitrogen and oxygen atoms in total. The SMILES string of the molecule is CC(C)N(C(=O)NCC(C)(C)NCC(=O)N1CCCC1C#N)C(C)C. The molecule has 2 N–H and O–H groups in total. The van der Waals surface area contributed by atoms with Crippen LogP contribution in [0.15, 0.2) is 0 Å². The van der Waals surface area contributed by atoms with Crippen molar-refractivity contribution in [1.82, 2.24) is 20.4 Å². The Labute approximate surface area is 151 Å². The molecule has 0 aliphatic carbocycles. The monoisotopic (exact) mass is 351 g/mol. The number of hydrogen-bond acceptors (Lipinski definition) is 4. The van der Waals surface area contributed by atoms with Gasteiger partial charge in [0.05, 0.1) is 12.6 Å². The van der Waals surface area contributed by atoms with Crippen molar-refractivity contribution in [2.45, 2.75) is 78.0 Å². The smallest absolute Gasteiger partial charge is 0.317 e. The first-order valence-electron chi connectivity index (χ1n) is 9.09. The van der Waals surface area contributed by atoms with Crippen molar-refractivity contribution < 1.29 is 9.59 Å². The van der Waals surface area contributed by atoms with E-state index in [1.54, 1.807) is 9.80 Å². The molecule has 1 aliphatic heterocycles. The fourth-order valence-corrected chi connectivity index (χ4v) is 3.13. The van der Waals surface area contributed by atoms with Gasteiger partial charge in [-0.05, 0) is 54.4 Å². The van der Waals surface area contributed by atoms with Crippen LogP contribution in [0.5, 0.6) is 0 Å². The summed E-state index contributed by atoms with van der Waals surface area (Å²) in [6.45, 7) is 13.1. The summed E-state index contributed by atoms with van der Waals surface area (Å²) in [6.07, 6.45) is 1.63. The number of nitriles is 1. The molecule has 0 radical (unpaired) electrons. The Balaban J connectivity index is 2.49. The molecule has 1 atom stereocenters. The Kier molecular flexibility index (Phi) is 7.68. The van der Waals surface area contributed by atoms with Crippen LogP contribution < -0.4 is 10.6 Å². The van der Waals surface area contributed by atoms with Gasteiger partial charge >= 0.3 is 6.03 Å². The minimum Gasteiger partial charge on any atom is -0.336 e. The van der Waals surface area contributed by atoms with Crippen LogP contribution in [0.4, 0.5) is 4.79 Å². The van der Waals surface area contributed by atoms with Crippen LogP contribution in [-0.4, -0.2) is 65.0 Å². The number of carbonyl (C=O) groups excluding carboxylic acids is 2. The van der Waals surface area contributed by atoms with Crippen molar-refractivity contribution in [3.05, 3.63) is 0 Å². The molecule has 25 heavy (non-hydrogen) atoms. The van der Waals surface area contributed by atoms with Crippen molar-refractivity contribution in [2.24, 2.45) is 0 Å². The fourth-order valence-electron chi connectivity index (χ4n) is 3.13. The van der Waals surface area contributed by atoms with Gasteiger partial charge < -0.3 is 20.4 Å². The Hall–Kier alpha value is -1.81. The Morgan fingerprint density at radius 1 is 1.28 bits per heavy atom. The summed E-state index contributed by atoms with van der Waals surface area (Å²) in [7, 11) is 0.